The molecule has 0 radical (unpaired) electrons. The van der Waals surface area contributed by atoms with E-state index in [-0.39, 0.29) is 5.28 Å². The van der Waals surface area contributed by atoms with Gasteiger partial charge in [-0.15, -0.1) is 0 Å². The summed E-state index contributed by atoms with van der Waals surface area (Å²) in [5.74, 6) is 1.04. The van der Waals surface area contributed by atoms with E-state index in [1.807, 2.05) is 30.9 Å². The molecule has 0 aliphatic rings. The maximum Gasteiger partial charge on any atom is 0.236 e. The fourth-order valence-corrected chi connectivity index (χ4v) is 2.09. The maximum absolute atomic E-state index is 5.98. The second-order valence-electron chi connectivity index (χ2n) is 4.34. The van der Waals surface area contributed by atoms with Crippen LogP contribution in [0, 0.1) is 6.92 Å². The van der Waals surface area contributed by atoms with E-state index in [4.69, 9.17) is 11.6 Å². The lowest BCUT2D eigenvalue weighted by Crippen LogP contribution is -2.20. The summed E-state index contributed by atoms with van der Waals surface area (Å²) in [5, 5.41) is 3.25. The minimum atomic E-state index is 0.192. The lowest BCUT2D eigenvalue weighted by atomic mass is 10.2. The number of nitrogens with zero attached hydrogens (tertiary/aromatic N) is 4. The molecule has 2 rings (SSSR count). The number of benzene rings is 1. The van der Waals surface area contributed by atoms with Gasteiger partial charge < -0.3 is 10.2 Å². The average molecular weight is 292 g/mol. The van der Waals surface area contributed by atoms with Gasteiger partial charge in [-0.25, -0.2) is 0 Å². The molecular weight excluding hydrogens is 274 g/mol. The highest BCUT2D eigenvalue weighted by Gasteiger charge is 2.13. The van der Waals surface area contributed by atoms with Crippen molar-refractivity contribution in [3.05, 3.63) is 35.1 Å². The van der Waals surface area contributed by atoms with Gasteiger partial charge in [0.1, 0.15) is 0 Å². The molecule has 0 atom stereocenters. The zero-order chi connectivity index (χ0) is 14.5. The van der Waals surface area contributed by atoms with Crippen LogP contribution in [0.2, 0.25) is 5.28 Å². The van der Waals surface area contributed by atoms with Crippen molar-refractivity contribution in [1.29, 1.82) is 0 Å². The van der Waals surface area contributed by atoms with Crippen molar-refractivity contribution < 1.29 is 0 Å². The van der Waals surface area contributed by atoms with Crippen LogP contribution in [0.15, 0.2) is 24.3 Å². The van der Waals surface area contributed by atoms with Gasteiger partial charge in [0, 0.05) is 18.8 Å². The molecule has 106 valence electrons. The lowest BCUT2D eigenvalue weighted by molar-refractivity contribution is 0.917. The summed E-state index contributed by atoms with van der Waals surface area (Å²) in [7, 11) is 0. The molecule has 0 bridgehead atoms. The number of aryl methyl sites for hydroxylation is 1. The fraction of sp³-hybridized carbons (Fsp3) is 0.357. The number of hydrogen-bond acceptors (Lipinski definition) is 5. The fourth-order valence-electron chi connectivity index (χ4n) is 1.93. The van der Waals surface area contributed by atoms with Crippen molar-refractivity contribution in [2.45, 2.75) is 20.8 Å². The predicted molar refractivity (Wildman–Crippen MR) is 82.9 cm³/mol. The van der Waals surface area contributed by atoms with Gasteiger partial charge in [-0.1, -0.05) is 12.1 Å². The van der Waals surface area contributed by atoms with Crippen LogP contribution >= 0.6 is 11.6 Å². The zero-order valence-electron chi connectivity index (χ0n) is 11.9. The van der Waals surface area contributed by atoms with Gasteiger partial charge >= 0.3 is 0 Å². The largest absolute Gasteiger partial charge is 0.354 e. The lowest BCUT2D eigenvalue weighted by Gasteiger charge is -2.21. The van der Waals surface area contributed by atoms with Crippen molar-refractivity contribution >= 4 is 29.2 Å². The SMILES string of the molecule is CCNc1nc(Cl)nc(N(CC)c2cccc(C)c2)n1. The molecule has 0 saturated heterocycles. The van der Waals surface area contributed by atoms with Gasteiger partial charge in [0.15, 0.2) is 0 Å². The Hall–Kier alpha value is -1.88. The Labute approximate surface area is 124 Å². The Kier molecular flexibility index (Phi) is 4.74. The highest BCUT2D eigenvalue weighted by molar-refractivity contribution is 6.28. The normalized spacial score (nSPS) is 10.4. The van der Waals surface area contributed by atoms with Crippen LogP contribution in [0.5, 0.6) is 0 Å². The molecule has 0 spiro atoms. The molecule has 2 aromatic rings. The molecular formula is C14H18ClN5. The Balaban J connectivity index is 2.41. The summed E-state index contributed by atoms with van der Waals surface area (Å²) in [5.41, 5.74) is 2.23. The van der Waals surface area contributed by atoms with E-state index < -0.39 is 0 Å². The van der Waals surface area contributed by atoms with Crippen molar-refractivity contribution in [1.82, 2.24) is 15.0 Å². The second kappa shape index (κ2) is 6.52. The molecule has 0 aliphatic carbocycles. The van der Waals surface area contributed by atoms with E-state index >= 15 is 0 Å². The Morgan fingerprint density at radius 1 is 1.20 bits per heavy atom. The first-order valence-electron chi connectivity index (χ1n) is 6.63. The molecule has 0 fully saturated rings. The number of aromatic nitrogens is 3. The minimum absolute atomic E-state index is 0.192. The van der Waals surface area contributed by atoms with Gasteiger partial charge in [0.25, 0.3) is 0 Å². The first-order valence-corrected chi connectivity index (χ1v) is 7.01. The van der Waals surface area contributed by atoms with Gasteiger partial charge in [-0.05, 0) is 50.1 Å². The Morgan fingerprint density at radius 2 is 2.00 bits per heavy atom. The summed E-state index contributed by atoms with van der Waals surface area (Å²) >= 11 is 5.98. The molecule has 0 amide bonds. The van der Waals surface area contributed by atoms with Crippen LogP contribution in [0.3, 0.4) is 0 Å². The Morgan fingerprint density at radius 3 is 2.65 bits per heavy atom. The van der Waals surface area contributed by atoms with E-state index in [1.54, 1.807) is 0 Å². The van der Waals surface area contributed by atoms with Crippen molar-refractivity contribution in [3.8, 4) is 0 Å². The van der Waals surface area contributed by atoms with Crippen LogP contribution < -0.4 is 10.2 Å². The van der Waals surface area contributed by atoms with Crippen LogP contribution in [0.25, 0.3) is 0 Å². The van der Waals surface area contributed by atoms with E-state index in [0.29, 0.717) is 11.9 Å². The second-order valence-corrected chi connectivity index (χ2v) is 4.68. The molecule has 1 aromatic heterocycles. The van der Waals surface area contributed by atoms with Crippen LogP contribution in [-0.2, 0) is 0 Å². The summed E-state index contributed by atoms with van der Waals surface area (Å²) < 4.78 is 0. The molecule has 0 saturated carbocycles. The summed E-state index contributed by atoms with van der Waals surface area (Å²) in [6, 6.07) is 8.19. The predicted octanol–water partition coefficient (Wildman–Crippen LogP) is 3.42. The molecule has 1 heterocycles. The number of hydrogen-bond donors (Lipinski definition) is 1. The average Bonchev–Trinajstić information content (AvgIpc) is 2.39. The standard InChI is InChI=1S/C14H18ClN5/c1-4-16-13-17-12(15)18-14(19-13)20(5-2)11-8-6-7-10(3)9-11/h6-9H,4-5H2,1-3H3,(H,16,17,18,19). The van der Waals surface area contributed by atoms with Crippen LogP contribution in [0.4, 0.5) is 17.6 Å². The summed E-state index contributed by atoms with van der Waals surface area (Å²) in [6.07, 6.45) is 0. The monoisotopic (exact) mass is 291 g/mol. The topological polar surface area (TPSA) is 53.9 Å². The minimum Gasteiger partial charge on any atom is -0.354 e. The molecule has 1 aromatic carbocycles. The smallest absolute Gasteiger partial charge is 0.236 e. The molecule has 0 aliphatic heterocycles. The van der Waals surface area contributed by atoms with E-state index in [9.17, 15) is 0 Å². The molecule has 1 N–H and O–H groups in total. The summed E-state index contributed by atoms with van der Waals surface area (Å²) in [6.45, 7) is 7.57. The molecule has 0 unspecified atom stereocenters. The van der Waals surface area contributed by atoms with Crippen LogP contribution in [-0.4, -0.2) is 28.0 Å². The molecule has 5 nitrogen and oxygen atoms in total. The molecule has 6 heteroatoms. The van der Waals surface area contributed by atoms with Crippen molar-refractivity contribution in [2.24, 2.45) is 0 Å². The number of halogens is 1. The molecule has 20 heavy (non-hydrogen) atoms. The first kappa shape index (κ1) is 14.5. The van der Waals surface area contributed by atoms with E-state index in [2.05, 4.69) is 39.3 Å². The number of nitrogens with one attached hydrogen (secondary N) is 1. The van der Waals surface area contributed by atoms with Gasteiger partial charge in [-0.2, -0.15) is 15.0 Å². The van der Waals surface area contributed by atoms with E-state index in [0.717, 1.165) is 18.8 Å². The van der Waals surface area contributed by atoms with E-state index in [1.165, 1.54) is 5.56 Å². The maximum atomic E-state index is 5.98. The van der Waals surface area contributed by atoms with Gasteiger partial charge in [0.05, 0.1) is 0 Å². The number of anilines is 3. The van der Waals surface area contributed by atoms with Crippen LogP contribution in [0.1, 0.15) is 19.4 Å². The zero-order valence-corrected chi connectivity index (χ0v) is 12.6. The summed E-state index contributed by atoms with van der Waals surface area (Å²) in [4.78, 5) is 14.7. The van der Waals surface area contributed by atoms with Gasteiger partial charge in [0.2, 0.25) is 17.2 Å². The number of rotatable bonds is 5. The van der Waals surface area contributed by atoms with Crippen molar-refractivity contribution in [2.75, 3.05) is 23.3 Å². The highest BCUT2D eigenvalue weighted by atomic mass is 35.5. The third-order valence-corrected chi connectivity index (χ3v) is 2.97. The quantitative estimate of drug-likeness (QED) is 0.915. The van der Waals surface area contributed by atoms with Crippen molar-refractivity contribution in [3.63, 3.8) is 0 Å². The Bertz CT molecular complexity index is 588. The highest BCUT2D eigenvalue weighted by Crippen LogP contribution is 2.24. The third kappa shape index (κ3) is 3.36. The first-order chi connectivity index (χ1) is 9.63. The third-order valence-electron chi connectivity index (χ3n) is 2.80. The van der Waals surface area contributed by atoms with Gasteiger partial charge in [-0.3, -0.25) is 0 Å².